The second-order valence-corrected chi connectivity index (χ2v) is 6.49. The molecule has 1 aliphatic rings. The molecule has 0 saturated carbocycles. The van der Waals surface area contributed by atoms with Crippen LogP contribution in [0, 0.1) is 0 Å². The fourth-order valence-electron chi connectivity index (χ4n) is 2.98. The number of amides is 4. The molecule has 1 atom stereocenters. The zero-order valence-corrected chi connectivity index (χ0v) is 15.6. The lowest BCUT2D eigenvalue weighted by atomic mass is 10.1. The van der Waals surface area contributed by atoms with Crippen molar-refractivity contribution in [3.63, 3.8) is 0 Å². The van der Waals surface area contributed by atoms with Crippen LogP contribution in [-0.2, 0) is 22.6 Å². The third kappa shape index (κ3) is 4.91. The Balaban J connectivity index is 1.44. The summed E-state index contributed by atoms with van der Waals surface area (Å²) in [4.78, 5) is 37.8. The maximum absolute atomic E-state index is 12.5. The summed E-state index contributed by atoms with van der Waals surface area (Å²) >= 11 is 0. The van der Waals surface area contributed by atoms with Crippen molar-refractivity contribution >= 4 is 17.8 Å². The van der Waals surface area contributed by atoms with Gasteiger partial charge in [0.1, 0.15) is 17.6 Å². The third-order valence-corrected chi connectivity index (χ3v) is 4.54. The number of furan rings is 1. The van der Waals surface area contributed by atoms with E-state index >= 15 is 0 Å². The van der Waals surface area contributed by atoms with E-state index < -0.39 is 12.1 Å². The highest BCUT2D eigenvalue weighted by Crippen LogP contribution is 2.17. The Labute approximate surface area is 162 Å². The summed E-state index contributed by atoms with van der Waals surface area (Å²) in [7, 11) is 1.57. The summed E-state index contributed by atoms with van der Waals surface area (Å²) in [6.45, 7) is 0.640. The van der Waals surface area contributed by atoms with Crippen molar-refractivity contribution in [3.8, 4) is 5.75 Å². The zero-order chi connectivity index (χ0) is 19.9. The molecule has 0 aliphatic carbocycles. The maximum atomic E-state index is 12.5. The molecular weight excluding hydrogens is 362 g/mol. The molecule has 1 aromatic carbocycles. The fraction of sp³-hybridized carbons (Fsp3) is 0.350. The molecule has 1 fully saturated rings. The Morgan fingerprint density at radius 3 is 2.71 bits per heavy atom. The predicted octanol–water partition coefficient (Wildman–Crippen LogP) is 1.85. The molecule has 3 rings (SSSR count). The van der Waals surface area contributed by atoms with E-state index in [-0.39, 0.29) is 31.2 Å². The summed E-state index contributed by atoms with van der Waals surface area (Å²) in [6, 6.07) is 9.68. The Bertz CT molecular complexity index is 817. The average Bonchev–Trinajstić information content (AvgIpc) is 3.31. The van der Waals surface area contributed by atoms with Crippen LogP contribution >= 0.6 is 0 Å². The number of benzene rings is 1. The Kier molecular flexibility index (Phi) is 6.31. The number of hydrogen-bond acceptors (Lipinski definition) is 5. The molecule has 0 radical (unpaired) electrons. The van der Waals surface area contributed by atoms with Gasteiger partial charge in [-0.25, -0.2) is 4.79 Å². The van der Waals surface area contributed by atoms with Crippen LogP contribution < -0.4 is 15.4 Å². The largest absolute Gasteiger partial charge is 0.497 e. The van der Waals surface area contributed by atoms with Crippen molar-refractivity contribution in [2.45, 2.75) is 31.8 Å². The maximum Gasteiger partial charge on any atom is 0.325 e. The van der Waals surface area contributed by atoms with Crippen LogP contribution in [0.15, 0.2) is 47.1 Å². The first-order chi connectivity index (χ1) is 13.6. The number of hydrogen-bond donors (Lipinski definition) is 2. The van der Waals surface area contributed by atoms with Gasteiger partial charge in [0, 0.05) is 19.4 Å². The lowest BCUT2D eigenvalue weighted by molar-refractivity contribution is -0.128. The second-order valence-electron chi connectivity index (χ2n) is 6.49. The highest BCUT2D eigenvalue weighted by molar-refractivity contribution is 6.04. The lowest BCUT2D eigenvalue weighted by Crippen LogP contribution is -2.33. The minimum absolute atomic E-state index is 0.158. The molecule has 8 heteroatoms. The van der Waals surface area contributed by atoms with Crippen LogP contribution in [0.25, 0.3) is 0 Å². The van der Waals surface area contributed by atoms with Crippen LogP contribution in [0.4, 0.5) is 4.79 Å². The molecular formula is C20H23N3O5. The summed E-state index contributed by atoms with van der Waals surface area (Å²) in [5, 5.41) is 5.43. The van der Waals surface area contributed by atoms with Crippen molar-refractivity contribution in [1.82, 2.24) is 15.5 Å². The average molecular weight is 385 g/mol. The van der Waals surface area contributed by atoms with E-state index in [0.717, 1.165) is 11.3 Å². The molecule has 148 valence electrons. The first-order valence-electron chi connectivity index (χ1n) is 9.10. The van der Waals surface area contributed by atoms with Gasteiger partial charge in [-0.2, -0.15) is 0 Å². The quantitative estimate of drug-likeness (QED) is 0.642. The van der Waals surface area contributed by atoms with Crippen molar-refractivity contribution in [2.24, 2.45) is 0 Å². The smallest absolute Gasteiger partial charge is 0.325 e. The standard InChI is InChI=1S/C20H23N3O5/c1-27-15-6-4-14(5-7-15)13-23-19(25)17(22-20(23)26)8-9-18(24)21-11-10-16-3-2-12-28-16/h2-7,12,17H,8-11,13H2,1H3,(H,21,24)(H,22,26)/t17-/m1/s1. The van der Waals surface area contributed by atoms with Gasteiger partial charge in [-0.15, -0.1) is 0 Å². The van der Waals surface area contributed by atoms with Crippen LogP contribution in [-0.4, -0.2) is 42.4 Å². The van der Waals surface area contributed by atoms with Crippen molar-refractivity contribution in [3.05, 3.63) is 54.0 Å². The van der Waals surface area contributed by atoms with Gasteiger partial charge in [-0.05, 0) is 36.2 Å². The van der Waals surface area contributed by atoms with E-state index in [1.165, 1.54) is 4.90 Å². The molecule has 1 aliphatic heterocycles. The number of urea groups is 1. The molecule has 2 aromatic rings. The minimum Gasteiger partial charge on any atom is -0.497 e. The summed E-state index contributed by atoms with van der Waals surface area (Å²) in [6.07, 6.45) is 2.61. The fourth-order valence-corrected chi connectivity index (χ4v) is 2.98. The first kappa shape index (κ1) is 19.5. The molecule has 28 heavy (non-hydrogen) atoms. The van der Waals surface area contributed by atoms with Crippen molar-refractivity contribution in [2.75, 3.05) is 13.7 Å². The van der Waals surface area contributed by atoms with E-state index in [0.29, 0.717) is 18.7 Å². The van der Waals surface area contributed by atoms with E-state index in [1.54, 1.807) is 43.7 Å². The Hall–Kier alpha value is -3.29. The number of imide groups is 1. The van der Waals surface area contributed by atoms with Gasteiger partial charge in [0.25, 0.3) is 5.91 Å². The predicted molar refractivity (Wildman–Crippen MR) is 101 cm³/mol. The van der Waals surface area contributed by atoms with E-state index in [2.05, 4.69) is 10.6 Å². The van der Waals surface area contributed by atoms with Crippen molar-refractivity contribution < 1.29 is 23.5 Å². The van der Waals surface area contributed by atoms with E-state index in [4.69, 9.17) is 9.15 Å². The Morgan fingerprint density at radius 2 is 2.04 bits per heavy atom. The summed E-state index contributed by atoms with van der Waals surface area (Å²) < 4.78 is 10.3. The molecule has 4 amide bonds. The van der Waals surface area contributed by atoms with Gasteiger partial charge in [0.15, 0.2) is 0 Å². The van der Waals surface area contributed by atoms with Gasteiger partial charge in [-0.1, -0.05) is 12.1 Å². The van der Waals surface area contributed by atoms with Gasteiger partial charge in [-0.3, -0.25) is 14.5 Å². The number of rotatable bonds is 9. The normalized spacial score (nSPS) is 16.2. The summed E-state index contributed by atoms with van der Waals surface area (Å²) in [5.74, 6) is 1.02. The first-order valence-corrected chi connectivity index (χ1v) is 9.10. The molecule has 2 N–H and O–H groups in total. The highest BCUT2D eigenvalue weighted by atomic mass is 16.5. The zero-order valence-electron chi connectivity index (χ0n) is 15.6. The number of nitrogens with zero attached hydrogens (tertiary/aromatic N) is 1. The monoisotopic (exact) mass is 385 g/mol. The Morgan fingerprint density at radius 1 is 1.25 bits per heavy atom. The van der Waals surface area contributed by atoms with Gasteiger partial charge >= 0.3 is 6.03 Å². The second kappa shape index (κ2) is 9.07. The number of nitrogens with one attached hydrogen (secondary N) is 2. The third-order valence-electron chi connectivity index (χ3n) is 4.54. The minimum atomic E-state index is -0.679. The number of carbonyl (C=O) groups excluding carboxylic acids is 3. The van der Waals surface area contributed by atoms with Crippen molar-refractivity contribution in [1.29, 1.82) is 0 Å². The van der Waals surface area contributed by atoms with E-state index in [9.17, 15) is 14.4 Å². The van der Waals surface area contributed by atoms with Crippen LogP contribution in [0.2, 0.25) is 0 Å². The molecule has 0 unspecified atom stereocenters. The van der Waals surface area contributed by atoms with Crippen LogP contribution in [0.3, 0.4) is 0 Å². The molecule has 8 nitrogen and oxygen atoms in total. The van der Waals surface area contributed by atoms with Gasteiger partial charge in [0.05, 0.1) is 19.9 Å². The number of methoxy groups -OCH3 is 1. The molecule has 1 saturated heterocycles. The highest BCUT2D eigenvalue weighted by Gasteiger charge is 2.37. The molecule has 0 bridgehead atoms. The van der Waals surface area contributed by atoms with Gasteiger partial charge in [0.2, 0.25) is 5.91 Å². The lowest BCUT2D eigenvalue weighted by Gasteiger charge is -2.13. The molecule has 2 heterocycles. The molecule has 1 aromatic heterocycles. The number of carbonyl (C=O) groups is 3. The SMILES string of the molecule is COc1ccc(CN2C(=O)N[C@H](CCC(=O)NCCc3ccco3)C2=O)cc1. The topological polar surface area (TPSA) is 101 Å². The summed E-state index contributed by atoms with van der Waals surface area (Å²) in [5.41, 5.74) is 0.820. The van der Waals surface area contributed by atoms with Crippen LogP contribution in [0.5, 0.6) is 5.75 Å². The van der Waals surface area contributed by atoms with Gasteiger partial charge < -0.3 is 19.8 Å². The number of ether oxygens (including phenoxy) is 1. The van der Waals surface area contributed by atoms with E-state index in [1.807, 2.05) is 6.07 Å². The molecule has 0 spiro atoms. The van der Waals surface area contributed by atoms with Crippen LogP contribution in [0.1, 0.15) is 24.2 Å².